The van der Waals surface area contributed by atoms with E-state index in [1.165, 1.54) is 18.3 Å². The molecular formula is C17H24F3N3O4S. The minimum atomic E-state index is -5.25. The van der Waals surface area contributed by atoms with Crippen molar-refractivity contribution in [3.05, 3.63) is 24.0 Å². The van der Waals surface area contributed by atoms with Gasteiger partial charge in [-0.2, -0.15) is 13.2 Å². The highest BCUT2D eigenvalue weighted by atomic mass is 32.2. The molecule has 1 aliphatic carbocycles. The molecule has 2 rings (SSSR count). The summed E-state index contributed by atoms with van der Waals surface area (Å²) in [6.07, 6.45) is -1.85. The van der Waals surface area contributed by atoms with E-state index in [1.54, 1.807) is 20.8 Å². The second-order valence-corrected chi connectivity index (χ2v) is 9.62. The van der Waals surface area contributed by atoms with Gasteiger partial charge in [-0.25, -0.2) is 4.79 Å². The van der Waals surface area contributed by atoms with Crippen LogP contribution in [0.5, 0.6) is 0 Å². The molecule has 0 amide bonds. The molecular weight excluding hydrogens is 399 g/mol. The van der Waals surface area contributed by atoms with Crippen LogP contribution in [0.1, 0.15) is 45.3 Å². The third kappa shape index (κ3) is 6.50. The van der Waals surface area contributed by atoms with Gasteiger partial charge < -0.3 is 19.9 Å². The Morgan fingerprint density at radius 2 is 2.07 bits per heavy atom. The zero-order valence-electron chi connectivity index (χ0n) is 15.9. The number of nitrogens with zero attached hydrogens (tertiary/aromatic N) is 2. The van der Waals surface area contributed by atoms with Crippen LogP contribution in [0.3, 0.4) is 0 Å². The Kier molecular flexibility index (Phi) is 7.18. The Hall–Kier alpha value is -1.56. The fraction of sp³-hybridized carbons (Fsp3) is 0.647. The molecule has 0 aliphatic heterocycles. The number of aromatic nitrogens is 1. The van der Waals surface area contributed by atoms with E-state index >= 15 is 0 Å². The number of anilines is 1. The predicted octanol–water partition coefficient (Wildman–Crippen LogP) is 2.92. The number of hydrogen-bond acceptors (Lipinski definition) is 7. The first-order valence-electron chi connectivity index (χ1n) is 8.69. The van der Waals surface area contributed by atoms with E-state index in [1.807, 2.05) is 0 Å². The molecule has 0 aromatic carbocycles. The van der Waals surface area contributed by atoms with Crippen LogP contribution in [0.15, 0.2) is 18.3 Å². The van der Waals surface area contributed by atoms with E-state index in [-0.39, 0.29) is 12.3 Å². The highest BCUT2D eigenvalue weighted by Gasteiger charge is 2.49. The van der Waals surface area contributed by atoms with Crippen molar-refractivity contribution in [2.75, 3.05) is 18.9 Å². The summed E-state index contributed by atoms with van der Waals surface area (Å²) in [6, 6.07) is 1.78. The zero-order chi connectivity index (χ0) is 21.1. The molecule has 1 aromatic heterocycles. The number of nitrogen functional groups attached to an aromatic ring is 1. The van der Waals surface area contributed by atoms with E-state index in [9.17, 15) is 22.5 Å². The van der Waals surface area contributed by atoms with Crippen molar-refractivity contribution < 1.29 is 32.1 Å². The van der Waals surface area contributed by atoms with Crippen LogP contribution >= 0.6 is 0 Å². The fourth-order valence-electron chi connectivity index (χ4n) is 2.15. The molecule has 0 spiro atoms. The van der Waals surface area contributed by atoms with Gasteiger partial charge in [0.05, 0.1) is 28.1 Å². The number of nitrogens with two attached hydrogens (primary N) is 1. The smallest absolute Gasteiger partial charge is 0.492 e. The van der Waals surface area contributed by atoms with Gasteiger partial charge in [0.2, 0.25) is 0 Å². The largest absolute Gasteiger partial charge is 0.595 e. The average Bonchev–Trinajstić information content (AvgIpc) is 3.39. The minimum Gasteiger partial charge on any atom is -0.595 e. The summed E-state index contributed by atoms with van der Waals surface area (Å²) < 4.78 is 56.4. The Morgan fingerprint density at radius 3 is 2.57 bits per heavy atom. The molecule has 1 aromatic rings. The van der Waals surface area contributed by atoms with Gasteiger partial charge in [0, 0.05) is 18.5 Å². The molecule has 0 bridgehead atoms. The Balaban J connectivity index is 2.34. The van der Waals surface area contributed by atoms with Crippen LogP contribution < -0.4 is 5.73 Å². The molecule has 1 aliphatic rings. The molecule has 2 unspecified atom stereocenters. The number of hydroxylamine groups is 1. The van der Waals surface area contributed by atoms with Crippen LogP contribution in [0.2, 0.25) is 0 Å². The van der Waals surface area contributed by atoms with Crippen molar-refractivity contribution in [1.29, 1.82) is 0 Å². The van der Waals surface area contributed by atoms with Gasteiger partial charge in [0.15, 0.2) is 6.04 Å². The molecule has 1 fully saturated rings. The third-order valence-corrected chi connectivity index (χ3v) is 5.52. The molecule has 7 nitrogen and oxygen atoms in total. The fourth-order valence-corrected chi connectivity index (χ4v) is 3.22. The number of rotatable bonds is 8. The van der Waals surface area contributed by atoms with Gasteiger partial charge in [-0.15, -0.1) is 0 Å². The van der Waals surface area contributed by atoms with Crippen molar-refractivity contribution in [1.82, 2.24) is 9.45 Å². The van der Waals surface area contributed by atoms with Gasteiger partial charge in [0.1, 0.15) is 4.75 Å². The molecule has 2 atom stereocenters. The number of halogens is 3. The lowest BCUT2D eigenvalue weighted by molar-refractivity contribution is -0.229. The van der Waals surface area contributed by atoms with E-state index in [4.69, 9.17) is 10.5 Å². The quantitative estimate of drug-likeness (QED) is 0.507. The third-order valence-electron chi connectivity index (χ3n) is 3.82. The lowest BCUT2D eigenvalue weighted by atomic mass is 10.2. The highest BCUT2D eigenvalue weighted by Crippen LogP contribution is 2.34. The van der Waals surface area contributed by atoms with Crippen LogP contribution in [-0.2, 0) is 25.7 Å². The van der Waals surface area contributed by atoms with Crippen LogP contribution in [-0.4, -0.2) is 44.1 Å². The topological polar surface area (TPSA) is 101 Å². The van der Waals surface area contributed by atoms with Crippen molar-refractivity contribution >= 4 is 23.0 Å². The lowest BCUT2D eigenvalue weighted by Gasteiger charge is -2.34. The standard InChI is InChI=1S/C17H24F3N3O4S/c1-16(2,3)28(25)23(27-15(24)17(18,19)20)14(10-26-9-11-4-5-11)13-8-12(21)6-7-22-13/h6-8,11,14H,4-5,9-10H2,1-3H3,(H2,21,22). The summed E-state index contributed by atoms with van der Waals surface area (Å²) in [5.74, 6) is -2.07. The zero-order valence-corrected chi connectivity index (χ0v) is 16.7. The van der Waals surface area contributed by atoms with Crippen LogP contribution in [0.25, 0.3) is 0 Å². The summed E-state index contributed by atoms with van der Waals surface area (Å²) in [5, 5.41) is 0. The second kappa shape index (κ2) is 8.85. The van der Waals surface area contributed by atoms with E-state index < -0.39 is 34.3 Å². The molecule has 28 heavy (non-hydrogen) atoms. The van der Waals surface area contributed by atoms with Crippen molar-refractivity contribution in [2.45, 2.75) is 50.6 Å². The number of carbonyl (C=O) groups excluding carboxylic acids is 1. The molecule has 1 saturated carbocycles. The first kappa shape index (κ1) is 22.7. The van der Waals surface area contributed by atoms with Gasteiger partial charge >= 0.3 is 12.1 Å². The summed E-state index contributed by atoms with van der Waals surface area (Å²) in [6.45, 7) is 4.88. The maximum atomic E-state index is 12.9. The number of ether oxygens (including phenoxy) is 1. The normalized spacial score (nSPS) is 17.4. The van der Waals surface area contributed by atoms with Gasteiger partial charge in [-0.1, -0.05) is 0 Å². The monoisotopic (exact) mass is 423 g/mol. The van der Waals surface area contributed by atoms with Crippen molar-refractivity contribution in [3.63, 3.8) is 0 Å². The predicted molar refractivity (Wildman–Crippen MR) is 96.8 cm³/mol. The SMILES string of the molecule is CC(C)(C)[S+]([O-])N(OC(=O)C(F)(F)F)C(COCC1CC1)c1cc(N)ccn1. The number of alkyl halides is 3. The van der Waals surface area contributed by atoms with E-state index in [2.05, 4.69) is 9.82 Å². The average molecular weight is 423 g/mol. The maximum Gasteiger partial charge on any atom is 0.492 e. The lowest BCUT2D eigenvalue weighted by Crippen LogP contribution is -2.48. The van der Waals surface area contributed by atoms with E-state index in [0.717, 1.165) is 12.8 Å². The summed E-state index contributed by atoms with van der Waals surface area (Å²) >= 11 is -2.14. The second-order valence-electron chi connectivity index (χ2n) is 7.53. The summed E-state index contributed by atoms with van der Waals surface area (Å²) in [4.78, 5) is 20.1. The number of hydrogen-bond donors (Lipinski definition) is 1. The molecule has 11 heteroatoms. The Bertz CT molecular complexity index is 680. The minimum absolute atomic E-state index is 0.167. The summed E-state index contributed by atoms with van der Waals surface area (Å²) in [5.41, 5.74) is 6.24. The highest BCUT2D eigenvalue weighted by molar-refractivity contribution is 7.90. The van der Waals surface area contributed by atoms with Crippen LogP contribution in [0, 0.1) is 5.92 Å². The molecule has 0 saturated heterocycles. The van der Waals surface area contributed by atoms with Gasteiger partial charge in [-0.3, -0.25) is 4.98 Å². The Morgan fingerprint density at radius 1 is 1.43 bits per heavy atom. The van der Waals surface area contributed by atoms with Crippen molar-refractivity contribution in [2.24, 2.45) is 5.92 Å². The molecule has 1 heterocycles. The van der Waals surface area contributed by atoms with Gasteiger partial charge in [0.25, 0.3) is 0 Å². The first-order chi connectivity index (χ1) is 12.9. The Labute approximate surface area is 164 Å². The van der Waals surface area contributed by atoms with Gasteiger partial charge in [-0.05, 0) is 51.7 Å². The molecule has 158 valence electrons. The van der Waals surface area contributed by atoms with Crippen molar-refractivity contribution in [3.8, 4) is 0 Å². The van der Waals surface area contributed by atoms with E-state index in [0.29, 0.717) is 22.7 Å². The molecule has 2 N–H and O–H groups in total. The molecule has 0 radical (unpaired) electrons. The van der Waals surface area contributed by atoms with Crippen LogP contribution in [0.4, 0.5) is 18.9 Å². The first-order valence-corrected chi connectivity index (χ1v) is 9.79. The maximum absolute atomic E-state index is 12.9. The number of pyridine rings is 1. The number of carbonyl (C=O) groups is 1. The summed E-state index contributed by atoms with van der Waals surface area (Å²) in [7, 11) is 0.